The number of hydrogen-bond acceptors (Lipinski definition) is 6. The minimum absolute atomic E-state index is 0.233. The Balaban J connectivity index is 1.88. The Labute approximate surface area is 134 Å². The minimum Gasteiger partial charge on any atom is -0.368 e. The maximum absolute atomic E-state index is 12.0. The van der Waals surface area contributed by atoms with Crippen molar-refractivity contribution in [3.8, 4) is 0 Å². The van der Waals surface area contributed by atoms with Crippen LogP contribution in [0.4, 0.5) is 10.9 Å². The van der Waals surface area contributed by atoms with Crippen LogP contribution < -0.4 is 10.6 Å². The molecule has 2 aromatic rings. The zero-order chi connectivity index (χ0) is 15.9. The quantitative estimate of drug-likeness (QED) is 0.817. The monoisotopic (exact) mass is 319 g/mol. The van der Waals surface area contributed by atoms with Gasteiger partial charge in [-0.15, -0.1) is 10.2 Å². The van der Waals surface area contributed by atoms with Crippen LogP contribution in [-0.2, 0) is 0 Å². The summed E-state index contributed by atoms with van der Waals surface area (Å²) in [5.41, 5.74) is 2.06. The van der Waals surface area contributed by atoms with E-state index in [2.05, 4.69) is 46.6 Å². The molecule has 0 aliphatic rings. The average Bonchev–Trinajstić information content (AvgIpc) is 2.99. The molecule has 0 aliphatic carbocycles. The number of aromatic nitrogens is 3. The first kappa shape index (κ1) is 16.4. The lowest BCUT2D eigenvalue weighted by molar-refractivity contribution is 0.102. The molecule has 6 nitrogen and oxygen atoms in total. The van der Waals surface area contributed by atoms with Crippen LogP contribution in [0.3, 0.4) is 0 Å². The van der Waals surface area contributed by atoms with Gasteiger partial charge in [-0.1, -0.05) is 25.2 Å². The van der Waals surface area contributed by atoms with Gasteiger partial charge in [0.05, 0.1) is 5.56 Å². The average molecular weight is 319 g/mol. The molecule has 0 aromatic carbocycles. The largest absolute Gasteiger partial charge is 0.368 e. The van der Waals surface area contributed by atoms with Crippen LogP contribution in [0, 0.1) is 5.92 Å². The highest BCUT2D eigenvalue weighted by atomic mass is 32.1. The number of nitrogens with zero attached hydrogens (tertiary/aromatic N) is 3. The molecule has 0 spiro atoms. The van der Waals surface area contributed by atoms with Gasteiger partial charge in [0, 0.05) is 12.2 Å². The molecule has 0 saturated carbocycles. The van der Waals surface area contributed by atoms with Crippen molar-refractivity contribution in [2.45, 2.75) is 39.7 Å². The second-order valence-corrected chi connectivity index (χ2v) is 6.48. The molecule has 1 atom stereocenters. The summed E-state index contributed by atoms with van der Waals surface area (Å²) < 4.78 is 0. The number of hydrogen-bond donors (Lipinski definition) is 2. The fourth-order valence-electron chi connectivity index (χ4n) is 1.92. The van der Waals surface area contributed by atoms with E-state index in [-0.39, 0.29) is 5.91 Å². The van der Waals surface area contributed by atoms with Gasteiger partial charge in [0.1, 0.15) is 11.3 Å². The summed E-state index contributed by atoms with van der Waals surface area (Å²) in [5, 5.41) is 14.0. The fraction of sp³-hybridized carbons (Fsp3) is 0.467. The Hall–Kier alpha value is -2.02. The van der Waals surface area contributed by atoms with E-state index in [0.717, 1.165) is 12.2 Å². The number of nitrogens with one attached hydrogen (secondary N) is 2. The second kappa shape index (κ2) is 7.84. The van der Waals surface area contributed by atoms with Crippen LogP contribution in [0.1, 0.15) is 44.0 Å². The third-order valence-electron chi connectivity index (χ3n) is 3.18. The highest BCUT2D eigenvalue weighted by Crippen LogP contribution is 2.13. The van der Waals surface area contributed by atoms with E-state index in [4.69, 9.17) is 0 Å². The lowest BCUT2D eigenvalue weighted by atomic mass is 10.0. The number of carbonyl (C=O) groups excluding carboxylic acids is 1. The van der Waals surface area contributed by atoms with Gasteiger partial charge < -0.3 is 5.32 Å². The molecule has 2 rings (SSSR count). The van der Waals surface area contributed by atoms with Gasteiger partial charge in [-0.3, -0.25) is 10.1 Å². The normalized spacial score (nSPS) is 12.2. The molecular weight excluding hydrogens is 298 g/mol. The maximum Gasteiger partial charge on any atom is 0.259 e. The molecule has 2 N–H and O–H groups in total. The lowest BCUT2D eigenvalue weighted by Gasteiger charge is -2.15. The van der Waals surface area contributed by atoms with Crippen LogP contribution in [0.25, 0.3) is 0 Å². The molecule has 0 aliphatic heterocycles. The number of amides is 1. The van der Waals surface area contributed by atoms with E-state index < -0.39 is 0 Å². The van der Waals surface area contributed by atoms with Crippen molar-refractivity contribution in [2.24, 2.45) is 5.92 Å². The van der Waals surface area contributed by atoms with E-state index in [0.29, 0.717) is 22.7 Å². The first-order chi connectivity index (χ1) is 10.5. The summed E-state index contributed by atoms with van der Waals surface area (Å²) >= 11 is 1.28. The van der Waals surface area contributed by atoms with E-state index >= 15 is 0 Å². The van der Waals surface area contributed by atoms with Crippen molar-refractivity contribution in [2.75, 3.05) is 10.6 Å². The summed E-state index contributed by atoms with van der Waals surface area (Å²) in [6, 6.07) is 3.93. The molecule has 0 bridgehead atoms. The van der Waals surface area contributed by atoms with E-state index in [1.54, 1.807) is 17.8 Å². The summed E-state index contributed by atoms with van der Waals surface area (Å²) in [5.74, 6) is 1.25. The van der Waals surface area contributed by atoms with E-state index in [9.17, 15) is 4.79 Å². The first-order valence-electron chi connectivity index (χ1n) is 7.34. The maximum atomic E-state index is 12.0. The topological polar surface area (TPSA) is 79.8 Å². The fourth-order valence-corrected chi connectivity index (χ4v) is 2.36. The third-order valence-corrected chi connectivity index (χ3v) is 3.78. The van der Waals surface area contributed by atoms with Crippen molar-refractivity contribution < 1.29 is 4.79 Å². The predicted octanol–water partition coefficient (Wildman–Crippen LogP) is 3.42. The molecule has 118 valence electrons. The Kier molecular flexibility index (Phi) is 5.83. The zero-order valence-electron chi connectivity index (χ0n) is 13.0. The van der Waals surface area contributed by atoms with Gasteiger partial charge in [0.25, 0.3) is 5.91 Å². The van der Waals surface area contributed by atoms with Crippen molar-refractivity contribution in [3.05, 3.63) is 29.4 Å². The van der Waals surface area contributed by atoms with Crippen LogP contribution in [0.5, 0.6) is 0 Å². The predicted molar refractivity (Wildman–Crippen MR) is 89.3 cm³/mol. The number of carbonyl (C=O) groups is 1. The van der Waals surface area contributed by atoms with Gasteiger partial charge in [-0.25, -0.2) is 4.98 Å². The van der Waals surface area contributed by atoms with Crippen molar-refractivity contribution in [3.63, 3.8) is 0 Å². The summed E-state index contributed by atoms with van der Waals surface area (Å²) in [6.07, 6.45) is 3.84. The smallest absolute Gasteiger partial charge is 0.259 e. The lowest BCUT2D eigenvalue weighted by Crippen LogP contribution is -2.17. The third kappa shape index (κ3) is 5.07. The molecule has 2 aromatic heterocycles. The van der Waals surface area contributed by atoms with Crippen molar-refractivity contribution >= 4 is 28.2 Å². The molecule has 2 heterocycles. The Morgan fingerprint density at radius 1 is 1.27 bits per heavy atom. The Morgan fingerprint density at radius 3 is 2.68 bits per heavy atom. The van der Waals surface area contributed by atoms with Crippen LogP contribution in [0.2, 0.25) is 0 Å². The first-order valence-corrected chi connectivity index (χ1v) is 8.22. The van der Waals surface area contributed by atoms with Gasteiger partial charge in [0.15, 0.2) is 0 Å². The van der Waals surface area contributed by atoms with Crippen LogP contribution in [-0.4, -0.2) is 27.1 Å². The SMILES string of the molecule is CC(C)CCC(C)Nc1ccc(C(=O)Nc2nncs2)cn1. The Bertz CT molecular complexity index is 582. The zero-order valence-corrected chi connectivity index (χ0v) is 13.9. The highest BCUT2D eigenvalue weighted by molar-refractivity contribution is 7.13. The van der Waals surface area contributed by atoms with E-state index in [1.807, 2.05) is 6.07 Å². The van der Waals surface area contributed by atoms with Crippen LogP contribution >= 0.6 is 11.3 Å². The van der Waals surface area contributed by atoms with E-state index in [1.165, 1.54) is 17.8 Å². The van der Waals surface area contributed by atoms with Gasteiger partial charge in [-0.05, 0) is 37.8 Å². The number of anilines is 2. The van der Waals surface area contributed by atoms with Gasteiger partial charge >= 0.3 is 0 Å². The number of rotatable bonds is 7. The molecule has 22 heavy (non-hydrogen) atoms. The molecule has 0 radical (unpaired) electrons. The second-order valence-electron chi connectivity index (χ2n) is 5.65. The summed E-state index contributed by atoms with van der Waals surface area (Å²) in [7, 11) is 0. The molecule has 1 amide bonds. The van der Waals surface area contributed by atoms with Crippen molar-refractivity contribution in [1.82, 2.24) is 15.2 Å². The molecular formula is C15H21N5OS. The van der Waals surface area contributed by atoms with Gasteiger partial charge in [0.2, 0.25) is 5.13 Å². The minimum atomic E-state index is -0.233. The number of pyridine rings is 1. The van der Waals surface area contributed by atoms with Crippen LogP contribution in [0.15, 0.2) is 23.8 Å². The summed E-state index contributed by atoms with van der Waals surface area (Å²) in [4.78, 5) is 16.3. The van der Waals surface area contributed by atoms with Crippen molar-refractivity contribution in [1.29, 1.82) is 0 Å². The standard InChI is InChI=1S/C15H21N5OS/c1-10(2)4-5-11(3)18-13-7-6-12(8-16-13)14(21)19-15-20-17-9-22-15/h6-11H,4-5H2,1-3H3,(H,16,18)(H,19,20,21). The molecule has 1 unspecified atom stereocenters. The molecule has 0 fully saturated rings. The highest BCUT2D eigenvalue weighted by Gasteiger charge is 2.09. The molecule has 0 saturated heterocycles. The van der Waals surface area contributed by atoms with Gasteiger partial charge in [-0.2, -0.15) is 0 Å². The molecule has 7 heteroatoms. The summed E-state index contributed by atoms with van der Waals surface area (Å²) in [6.45, 7) is 6.58. The Morgan fingerprint density at radius 2 is 2.09 bits per heavy atom.